The van der Waals surface area contributed by atoms with E-state index in [9.17, 15) is 0 Å². The van der Waals surface area contributed by atoms with Crippen LogP contribution in [0.4, 0.5) is 0 Å². The average Bonchev–Trinajstić information content (AvgIpc) is 3.34. The van der Waals surface area contributed by atoms with Crippen molar-refractivity contribution < 1.29 is 47.2 Å². The van der Waals surface area contributed by atoms with Gasteiger partial charge in [0.2, 0.25) is 0 Å². The van der Waals surface area contributed by atoms with Crippen molar-refractivity contribution in [2.45, 2.75) is 94.8 Å². The number of fused-ring (bicyclic) bond motifs is 1. The van der Waals surface area contributed by atoms with Crippen molar-refractivity contribution in [1.82, 2.24) is 0 Å². The number of hydrogen-bond donors (Lipinski definition) is 0. The molecule has 0 aliphatic heterocycles. The van der Waals surface area contributed by atoms with Crippen LogP contribution in [-0.4, -0.2) is 5.92 Å². The Morgan fingerprint density at radius 3 is 1.88 bits per heavy atom. The molecule has 0 bridgehead atoms. The van der Waals surface area contributed by atoms with Gasteiger partial charge in [0.05, 0.1) is 0 Å². The second-order valence-corrected chi connectivity index (χ2v) is 25.5. The van der Waals surface area contributed by atoms with Gasteiger partial charge in [-0.1, -0.05) is 0 Å². The predicted molar refractivity (Wildman–Crippen MR) is 139 cm³/mol. The second-order valence-electron chi connectivity index (χ2n) is 12.3. The molecule has 0 nitrogen and oxygen atoms in total. The van der Waals surface area contributed by atoms with Crippen LogP contribution in [0.15, 0.2) is 42.0 Å². The van der Waals surface area contributed by atoms with Crippen LogP contribution in [0, 0.1) is 5.92 Å². The maximum atomic E-state index is 2.68. The minimum Gasteiger partial charge on any atom is -1.00 e. The van der Waals surface area contributed by atoms with E-state index in [-0.39, 0.29) is 41.6 Å². The van der Waals surface area contributed by atoms with E-state index in [0.29, 0.717) is 0 Å². The van der Waals surface area contributed by atoms with Gasteiger partial charge in [0.25, 0.3) is 0 Å². The van der Waals surface area contributed by atoms with Crippen molar-refractivity contribution in [3.05, 3.63) is 64.2 Å². The van der Waals surface area contributed by atoms with Crippen molar-refractivity contribution in [1.29, 1.82) is 0 Å². The van der Waals surface area contributed by atoms with Crippen LogP contribution in [0.3, 0.4) is 0 Å². The molecule has 2 aromatic carbocycles. The quantitative estimate of drug-likeness (QED) is 0.480. The van der Waals surface area contributed by atoms with E-state index in [1.54, 1.807) is 11.1 Å². The molecule has 0 N–H and O–H groups in total. The third kappa shape index (κ3) is 6.40. The Morgan fingerprint density at radius 1 is 0.824 bits per heavy atom. The Labute approximate surface area is 233 Å². The molecule has 0 amide bonds. The summed E-state index contributed by atoms with van der Waals surface area (Å²) in [5, 5.41) is 0. The minimum atomic E-state index is -0.418. The first kappa shape index (κ1) is 30.1. The zero-order valence-corrected chi connectivity index (χ0v) is 27.3. The largest absolute Gasteiger partial charge is 1.00 e. The van der Waals surface area contributed by atoms with Gasteiger partial charge >= 0.3 is 210 Å². The molecule has 2 aromatic rings. The monoisotopic (exact) mass is 589 g/mol. The molecule has 0 saturated heterocycles. The number of hydrogen-bond acceptors (Lipinski definition) is 0. The maximum Gasteiger partial charge on any atom is -1.00 e. The van der Waals surface area contributed by atoms with Gasteiger partial charge in [0, 0.05) is 0 Å². The molecule has 0 spiro atoms. The number of halogens is 2. The molecule has 183 valence electrons. The average molecular weight is 592 g/mol. The van der Waals surface area contributed by atoms with Gasteiger partial charge in [-0.05, 0) is 0 Å². The zero-order valence-electron chi connectivity index (χ0n) is 22.3. The summed E-state index contributed by atoms with van der Waals surface area (Å²) in [4.78, 5) is 0. The third-order valence-corrected chi connectivity index (χ3v) is 16.2. The van der Waals surface area contributed by atoms with Crippen LogP contribution < -0.4 is 24.8 Å². The van der Waals surface area contributed by atoms with E-state index in [2.05, 4.69) is 97.1 Å². The Kier molecular flexibility index (Phi) is 10.2. The fraction of sp³-hybridized carbons (Fsp3) is 0.533. The van der Waals surface area contributed by atoms with Crippen LogP contribution in [0.1, 0.15) is 93.1 Å². The van der Waals surface area contributed by atoms with Gasteiger partial charge in [-0.3, -0.25) is 0 Å². The fourth-order valence-corrected chi connectivity index (χ4v) is 14.3. The Hall–Kier alpha value is -0.140. The molecule has 2 aliphatic rings. The predicted octanol–water partition coefficient (Wildman–Crippen LogP) is 2.92. The van der Waals surface area contributed by atoms with Gasteiger partial charge in [-0.25, -0.2) is 0 Å². The van der Waals surface area contributed by atoms with Gasteiger partial charge in [-0.15, -0.1) is 0 Å². The summed E-state index contributed by atoms with van der Waals surface area (Å²) < 4.78 is 0.827. The van der Waals surface area contributed by atoms with Gasteiger partial charge < -0.3 is 24.8 Å². The molecule has 1 unspecified atom stereocenters. The Morgan fingerprint density at radius 2 is 1.38 bits per heavy atom. The summed E-state index contributed by atoms with van der Waals surface area (Å²) in [6.45, 7) is 19.2. The molecule has 2 aliphatic carbocycles. The molecule has 1 atom stereocenters. The molecule has 4 rings (SSSR count). The number of benzene rings is 2. The summed E-state index contributed by atoms with van der Waals surface area (Å²) >= 11 is -0.418. The molecule has 1 radical (unpaired) electrons. The smallest absolute Gasteiger partial charge is 1.00 e. The molecule has 0 heterocycles. The van der Waals surface area contributed by atoms with Gasteiger partial charge in [-0.2, -0.15) is 0 Å². The van der Waals surface area contributed by atoms with Crippen molar-refractivity contribution in [3.63, 3.8) is 0 Å². The van der Waals surface area contributed by atoms with Crippen molar-refractivity contribution >= 4 is 12.0 Å². The summed E-state index contributed by atoms with van der Waals surface area (Å²) in [6, 6.07) is 14.6. The van der Waals surface area contributed by atoms with Crippen LogP contribution in [0.5, 0.6) is 0 Å². The van der Waals surface area contributed by atoms with Gasteiger partial charge in [0.15, 0.2) is 0 Å². The Bertz CT molecular complexity index is 989. The molecule has 34 heavy (non-hydrogen) atoms. The summed E-state index contributed by atoms with van der Waals surface area (Å²) in [5.74, 6) is 0.736. The zero-order chi connectivity index (χ0) is 23.3. The molecule has 4 heteroatoms. The summed E-state index contributed by atoms with van der Waals surface area (Å²) in [7, 11) is 0. The first-order chi connectivity index (χ1) is 14.9. The van der Waals surface area contributed by atoms with Crippen molar-refractivity contribution in [2.24, 2.45) is 5.92 Å². The van der Waals surface area contributed by atoms with E-state index in [1.165, 1.54) is 47.9 Å². The van der Waals surface area contributed by atoms with Crippen LogP contribution in [0.2, 0.25) is 13.1 Å². The third-order valence-electron chi connectivity index (χ3n) is 7.33. The van der Waals surface area contributed by atoms with E-state index in [0.717, 1.165) is 9.54 Å². The number of rotatable bonds is 4. The summed E-state index contributed by atoms with van der Waals surface area (Å²) in [5.41, 5.74) is 11.2. The first-order valence-electron chi connectivity index (χ1n) is 12.5. The molecule has 0 aromatic heterocycles. The van der Waals surface area contributed by atoms with Crippen molar-refractivity contribution in [3.8, 4) is 11.1 Å². The normalized spacial score (nSPS) is 18.1. The summed E-state index contributed by atoms with van der Waals surface area (Å²) in [6.07, 6.45) is 8.39. The molecular formula is C30H41Cl2SiZr. The van der Waals surface area contributed by atoms with E-state index in [1.807, 2.05) is 5.57 Å². The second kappa shape index (κ2) is 11.5. The first-order valence-corrected chi connectivity index (χ1v) is 20.1. The van der Waals surface area contributed by atoms with Crippen LogP contribution in [-0.2, 0) is 33.2 Å². The number of allylic oxidation sites excluding steroid dienone is 1. The van der Waals surface area contributed by atoms with E-state index in [4.69, 9.17) is 0 Å². The molecule has 1 saturated carbocycles. The topological polar surface area (TPSA) is 0 Å². The van der Waals surface area contributed by atoms with Crippen LogP contribution >= 0.6 is 0 Å². The standard InChI is InChI=1S/C28H35.C2H6Si.2ClH.Zr/c1-27(2,3)23-15-22(16-24(18-23)28(4,5)6)25-13-9-12-20-14-21(17-26(20)25)19-10-7-8-11-19;1-3-2;;;/h9,12-19H,7-8,10-11H2,1-6H3;1-2H3;2*1H;/q;;;;+2/p-2. The molecular weight excluding hydrogens is 551 g/mol. The maximum absolute atomic E-state index is 2.68. The van der Waals surface area contributed by atoms with E-state index >= 15 is 0 Å². The van der Waals surface area contributed by atoms with Crippen molar-refractivity contribution in [2.75, 3.05) is 0 Å². The fourth-order valence-electron chi connectivity index (χ4n) is 5.39. The SMILES string of the molecule is C[Si](C)[Zr+2][CH]1C(C2CCCC2)=Cc2c(-c3cc(C(C)(C)C)cc(C(C)(C)C)c3)cccc21.[Cl-].[Cl-]. The minimum absolute atomic E-state index is 0. The Balaban J connectivity index is 0.00000204. The van der Waals surface area contributed by atoms with Crippen LogP contribution in [0.25, 0.3) is 17.2 Å². The van der Waals surface area contributed by atoms with E-state index < -0.39 is 22.4 Å². The molecule has 1 fully saturated rings. The van der Waals surface area contributed by atoms with Gasteiger partial charge in [0.1, 0.15) is 0 Å².